The molecule has 2 rings (SSSR count). The highest BCUT2D eigenvalue weighted by atomic mass is 19.1. The van der Waals surface area contributed by atoms with E-state index in [4.69, 9.17) is 5.73 Å². The van der Waals surface area contributed by atoms with Crippen molar-refractivity contribution in [2.24, 2.45) is 5.73 Å². The molecule has 0 bridgehead atoms. The second kappa shape index (κ2) is 5.06. The van der Waals surface area contributed by atoms with E-state index in [0.717, 1.165) is 6.07 Å². The summed E-state index contributed by atoms with van der Waals surface area (Å²) < 4.78 is 15.2. The largest absolute Gasteiger partial charge is 0.366 e. The molecule has 1 aromatic carbocycles. The SMILES string of the molecule is Cc1cccn(Cc2ccc(C(N)=O)cc2F)c1=O. The van der Waals surface area contributed by atoms with Crippen LogP contribution in [0.2, 0.25) is 0 Å². The van der Waals surface area contributed by atoms with Crippen molar-refractivity contribution >= 4 is 5.91 Å². The van der Waals surface area contributed by atoms with Gasteiger partial charge in [0.2, 0.25) is 5.91 Å². The van der Waals surface area contributed by atoms with Crippen molar-refractivity contribution in [3.8, 4) is 0 Å². The molecule has 0 unspecified atom stereocenters. The monoisotopic (exact) mass is 260 g/mol. The highest BCUT2D eigenvalue weighted by Gasteiger charge is 2.08. The third-order valence-electron chi connectivity index (χ3n) is 2.89. The minimum atomic E-state index is -0.682. The fraction of sp³-hybridized carbons (Fsp3) is 0.143. The first kappa shape index (κ1) is 13.0. The van der Waals surface area contributed by atoms with Gasteiger partial charge in [0.25, 0.3) is 5.56 Å². The Morgan fingerprint density at radius 2 is 2.11 bits per heavy atom. The second-order valence-electron chi connectivity index (χ2n) is 4.29. The van der Waals surface area contributed by atoms with Crippen molar-refractivity contribution in [2.75, 3.05) is 0 Å². The van der Waals surface area contributed by atoms with Gasteiger partial charge in [-0.05, 0) is 25.1 Å². The Kier molecular flexibility index (Phi) is 3.46. The fourth-order valence-corrected chi connectivity index (χ4v) is 1.79. The van der Waals surface area contributed by atoms with Gasteiger partial charge in [0, 0.05) is 22.9 Å². The van der Waals surface area contributed by atoms with Gasteiger partial charge in [0.05, 0.1) is 6.54 Å². The average Bonchev–Trinajstić information content (AvgIpc) is 2.37. The lowest BCUT2D eigenvalue weighted by Crippen LogP contribution is -2.22. The third-order valence-corrected chi connectivity index (χ3v) is 2.89. The number of halogens is 1. The van der Waals surface area contributed by atoms with Crippen LogP contribution in [0, 0.1) is 12.7 Å². The van der Waals surface area contributed by atoms with Crippen LogP contribution in [0.1, 0.15) is 21.5 Å². The highest BCUT2D eigenvalue weighted by Crippen LogP contribution is 2.11. The molecule has 0 saturated carbocycles. The van der Waals surface area contributed by atoms with Gasteiger partial charge in [-0.3, -0.25) is 9.59 Å². The molecule has 1 heterocycles. The maximum absolute atomic E-state index is 13.8. The Balaban J connectivity index is 2.36. The molecule has 1 aromatic heterocycles. The normalized spacial score (nSPS) is 10.4. The van der Waals surface area contributed by atoms with Crippen LogP contribution in [0.4, 0.5) is 4.39 Å². The van der Waals surface area contributed by atoms with Crippen LogP contribution in [-0.4, -0.2) is 10.5 Å². The van der Waals surface area contributed by atoms with E-state index in [9.17, 15) is 14.0 Å². The van der Waals surface area contributed by atoms with Crippen LogP contribution in [0.15, 0.2) is 41.3 Å². The number of carbonyl (C=O) groups excluding carboxylic acids is 1. The molecule has 5 heteroatoms. The van der Waals surface area contributed by atoms with Crippen LogP contribution < -0.4 is 11.3 Å². The second-order valence-corrected chi connectivity index (χ2v) is 4.29. The van der Waals surface area contributed by atoms with Crippen molar-refractivity contribution in [2.45, 2.75) is 13.5 Å². The zero-order valence-electron chi connectivity index (χ0n) is 10.4. The number of hydrogen-bond acceptors (Lipinski definition) is 2. The summed E-state index contributed by atoms with van der Waals surface area (Å²) >= 11 is 0. The topological polar surface area (TPSA) is 65.1 Å². The molecule has 1 amide bonds. The number of aromatic nitrogens is 1. The van der Waals surface area contributed by atoms with E-state index in [1.54, 1.807) is 25.3 Å². The minimum absolute atomic E-state index is 0.109. The summed E-state index contributed by atoms with van der Waals surface area (Å²) in [5.74, 6) is -1.23. The Morgan fingerprint density at radius 1 is 1.37 bits per heavy atom. The lowest BCUT2D eigenvalue weighted by Gasteiger charge is -2.08. The molecular formula is C14H13FN2O2. The number of carbonyl (C=O) groups is 1. The molecule has 0 atom stereocenters. The number of benzene rings is 1. The van der Waals surface area contributed by atoms with Gasteiger partial charge < -0.3 is 10.3 Å². The van der Waals surface area contributed by atoms with Gasteiger partial charge in [0.1, 0.15) is 5.82 Å². The summed E-state index contributed by atoms with van der Waals surface area (Å²) in [4.78, 5) is 22.7. The van der Waals surface area contributed by atoms with E-state index in [-0.39, 0.29) is 17.7 Å². The van der Waals surface area contributed by atoms with Crippen LogP contribution >= 0.6 is 0 Å². The molecule has 2 aromatic rings. The van der Waals surface area contributed by atoms with E-state index in [1.807, 2.05) is 0 Å². The summed E-state index contributed by atoms with van der Waals surface area (Å²) in [5.41, 5.74) is 5.94. The summed E-state index contributed by atoms with van der Waals surface area (Å²) in [7, 11) is 0. The molecule has 0 fully saturated rings. The first-order chi connectivity index (χ1) is 8.99. The lowest BCUT2D eigenvalue weighted by molar-refractivity contribution is 0.1000. The number of primary amides is 1. The summed E-state index contributed by atoms with van der Waals surface area (Å²) in [6.45, 7) is 1.82. The van der Waals surface area contributed by atoms with E-state index >= 15 is 0 Å². The number of pyridine rings is 1. The summed E-state index contributed by atoms with van der Waals surface area (Å²) in [5, 5.41) is 0. The molecule has 0 aliphatic carbocycles. The molecule has 98 valence electrons. The van der Waals surface area contributed by atoms with Gasteiger partial charge in [-0.1, -0.05) is 12.1 Å². The van der Waals surface area contributed by atoms with Gasteiger partial charge in [-0.2, -0.15) is 0 Å². The van der Waals surface area contributed by atoms with Crippen molar-refractivity contribution in [1.29, 1.82) is 0 Å². The molecule has 4 nitrogen and oxygen atoms in total. The predicted octanol–water partition coefficient (Wildman–Crippen LogP) is 1.44. The zero-order chi connectivity index (χ0) is 14.0. The number of aryl methyl sites for hydroxylation is 1. The minimum Gasteiger partial charge on any atom is -0.366 e. The molecule has 19 heavy (non-hydrogen) atoms. The van der Waals surface area contributed by atoms with Crippen molar-refractivity contribution in [1.82, 2.24) is 4.57 Å². The maximum atomic E-state index is 13.8. The first-order valence-electron chi connectivity index (χ1n) is 5.73. The molecule has 0 spiro atoms. The molecule has 0 saturated heterocycles. The molecular weight excluding hydrogens is 247 g/mol. The van der Waals surface area contributed by atoms with Crippen LogP contribution in [0.25, 0.3) is 0 Å². The Bertz CT molecular complexity index is 692. The Hall–Kier alpha value is -2.43. The van der Waals surface area contributed by atoms with Crippen molar-refractivity contribution in [3.05, 3.63) is 69.4 Å². The molecule has 2 N–H and O–H groups in total. The Labute approximate surface area is 109 Å². The smallest absolute Gasteiger partial charge is 0.253 e. The van der Waals surface area contributed by atoms with E-state index in [2.05, 4.69) is 0 Å². The number of nitrogens with two attached hydrogens (primary N) is 1. The molecule has 0 radical (unpaired) electrons. The summed E-state index contributed by atoms with van der Waals surface area (Å²) in [6, 6.07) is 7.42. The van der Waals surface area contributed by atoms with Gasteiger partial charge in [-0.15, -0.1) is 0 Å². The number of amides is 1. The zero-order valence-corrected chi connectivity index (χ0v) is 10.4. The number of hydrogen-bond donors (Lipinski definition) is 1. The molecule has 0 aliphatic heterocycles. The quantitative estimate of drug-likeness (QED) is 0.907. The van der Waals surface area contributed by atoms with Crippen LogP contribution in [0.3, 0.4) is 0 Å². The third kappa shape index (κ3) is 2.70. The lowest BCUT2D eigenvalue weighted by atomic mass is 10.1. The number of rotatable bonds is 3. The summed E-state index contributed by atoms with van der Waals surface area (Å²) in [6.07, 6.45) is 1.59. The van der Waals surface area contributed by atoms with Gasteiger partial charge >= 0.3 is 0 Å². The van der Waals surface area contributed by atoms with E-state index < -0.39 is 11.7 Å². The molecule has 0 aliphatic rings. The fourth-order valence-electron chi connectivity index (χ4n) is 1.79. The highest BCUT2D eigenvalue weighted by molar-refractivity contribution is 5.92. The first-order valence-corrected chi connectivity index (χ1v) is 5.73. The van der Waals surface area contributed by atoms with Gasteiger partial charge in [0.15, 0.2) is 0 Å². The standard InChI is InChI=1S/C14H13FN2O2/c1-9-3-2-6-17(14(9)19)8-11-5-4-10(13(16)18)7-12(11)15/h2-7H,8H2,1H3,(H2,16,18). The van der Waals surface area contributed by atoms with E-state index in [1.165, 1.54) is 16.7 Å². The van der Waals surface area contributed by atoms with Crippen LogP contribution in [-0.2, 0) is 6.54 Å². The maximum Gasteiger partial charge on any atom is 0.253 e. The Morgan fingerprint density at radius 3 is 2.74 bits per heavy atom. The van der Waals surface area contributed by atoms with Crippen LogP contribution in [0.5, 0.6) is 0 Å². The van der Waals surface area contributed by atoms with Gasteiger partial charge in [-0.25, -0.2) is 4.39 Å². The van der Waals surface area contributed by atoms with Crippen molar-refractivity contribution in [3.63, 3.8) is 0 Å². The van der Waals surface area contributed by atoms with E-state index in [0.29, 0.717) is 11.1 Å². The van der Waals surface area contributed by atoms with Crippen molar-refractivity contribution < 1.29 is 9.18 Å². The predicted molar refractivity (Wildman–Crippen MR) is 69.5 cm³/mol. The number of nitrogens with zero attached hydrogens (tertiary/aromatic N) is 1. The average molecular weight is 260 g/mol.